The van der Waals surface area contributed by atoms with Gasteiger partial charge in [0.15, 0.2) is 0 Å². The molecule has 16 heavy (non-hydrogen) atoms. The maximum atomic E-state index is 12.1. The highest BCUT2D eigenvalue weighted by Gasteiger charge is 2.36. The second-order valence-electron chi connectivity index (χ2n) is 3.83. The lowest BCUT2D eigenvalue weighted by atomic mass is 10.2. The van der Waals surface area contributed by atoms with Crippen molar-refractivity contribution in [3.05, 3.63) is 0 Å². The van der Waals surface area contributed by atoms with Crippen molar-refractivity contribution in [1.82, 2.24) is 9.80 Å². The van der Waals surface area contributed by atoms with Gasteiger partial charge in [0.1, 0.15) is 6.04 Å². The third-order valence-corrected chi connectivity index (χ3v) is 3.01. The molecule has 5 nitrogen and oxygen atoms in total. The molecule has 1 aliphatic rings. The molecular formula is C11H20N2O3. The van der Waals surface area contributed by atoms with Crippen LogP contribution in [0.2, 0.25) is 0 Å². The fraction of sp³-hybridized carbons (Fsp3) is 0.818. The van der Waals surface area contributed by atoms with Gasteiger partial charge in [0.25, 0.3) is 0 Å². The zero-order valence-corrected chi connectivity index (χ0v) is 10.2. The number of ether oxygens (including phenoxy) is 1. The molecule has 0 aliphatic carbocycles. The second-order valence-corrected chi connectivity index (χ2v) is 3.83. The Balaban J connectivity index is 2.70. The van der Waals surface area contributed by atoms with Gasteiger partial charge in [-0.1, -0.05) is 0 Å². The minimum Gasteiger partial charge on any atom is -0.467 e. The van der Waals surface area contributed by atoms with E-state index in [0.29, 0.717) is 26.1 Å². The minimum atomic E-state index is -0.391. The molecule has 0 aromatic carbocycles. The van der Waals surface area contributed by atoms with Crippen molar-refractivity contribution in [1.29, 1.82) is 0 Å². The van der Waals surface area contributed by atoms with Gasteiger partial charge in [-0.05, 0) is 26.7 Å². The third-order valence-electron chi connectivity index (χ3n) is 3.01. The highest BCUT2D eigenvalue weighted by molar-refractivity contribution is 5.84. The molecule has 1 rings (SSSR count). The van der Waals surface area contributed by atoms with Gasteiger partial charge < -0.3 is 14.5 Å². The van der Waals surface area contributed by atoms with Crippen molar-refractivity contribution in [2.24, 2.45) is 0 Å². The Labute approximate surface area is 96.3 Å². The van der Waals surface area contributed by atoms with E-state index in [1.807, 2.05) is 13.8 Å². The van der Waals surface area contributed by atoms with Crippen LogP contribution in [0.4, 0.5) is 4.79 Å². The second kappa shape index (κ2) is 5.72. The molecular weight excluding hydrogens is 208 g/mol. The fourth-order valence-electron chi connectivity index (χ4n) is 2.05. The first kappa shape index (κ1) is 12.8. The molecule has 1 aliphatic heterocycles. The molecule has 5 heteroatoms. The average Bonchev–Trinajstić information content (AvgIpc) is 2.78. The summed E-state index contributed by atoms with van der Waals surface area (Å²) in [4.78, 5) is 26.9. The first-order valence-electron chi connectivity index (χ1n) is 5.79. The Hall–Kier alpha value is -1.26. The van der Waals surface area contributed by atoms with E-state index in [1.165, 1.54) is 7.11 Å². The van der Waals surface area contributed by atoms with Crippen LogP contribution in [-0.4, -0.2) is 54.6 Å². The Kier molecular flexibility index (Phi) is 4.58. The number of hydrogen-bond donors (Lipinski definition) is 0. The third kappa shape index (κ3) is 2.46. The molecule has 0 aromatic heterocycles. The molecule has 0 N–H and O–H groups in total. The van der Waals surface area contributed by atoms with Crippen molar-refractivity contribution in [2.45, 2.75) is 32.7 Å². The molecule has 0 bridgehead atoms. The first-order chi connectivity index (χ1) is 7.65. The lowest BCUT2D eigenvalue weighted by Gasteiger charge is -2.29. The van der Waals surface area contributed by atoms with Crippen LogP contribution in [0.25, 0.3) is 0 Å². The van der Waals surface area contributed by atoms with Crippen LogP contribution in [0.1, 0.15) is 26.7 Å². The van der Waals surface area contributed by atoms with E-state index >= 15 is 0 Å². The van der Waals surface area contributed by atoms with E-state index < -0.39 is 6.04 Å². The number of rotatable bonds is 3. The van der Waals surface area contributed by atoms with Crippen molar-refractivity contribution in [3.8, 4) is 0 Å². The van der Waals surface area contributed by atoms with E-state index in [9.17, 15) is 9.59 Å². The maximum Gasteiger partial charge on any atom is 0.328 e. The van der Waals surface area contributed by atoms with Gasteiger partial charge >= 0.3 is 12.0 Å². The van der Waals surface area contributed by atoms with Crippen LogP contribution in [0.15, 0.2) is 0 Å². The maximum absolute atomic E-state index is 12.1. The molecule has 0 saturated carbocycles. The van der Waals surface area contributed by atoms with E-state index in [2.05, 4.69) is 0 Å². The highest BCUT2D eigenvalue weighted by Crippen LogP contribution is 2.20. The van der Waals surface area contributed by atoms with Crippen molar-refractivity contribution >= 4 is 12.0 Å². The normalized spacial score (nSPS) is 19.7. The Morgan fingerprint density at radius 3 is 2.50 bits per heavy atom. The molecule has 1 atom stereocenters. The van der Waals surface area contributed by atoms with Gasteiger partial charge in [0.2, 0.25) is 0 Å². The predicted octanol–water partition coefficient (Wildman–Crippen LogP) is 1.09. The van der Waals surface area contributed by atoms with Gasteiger partial charge in [0, 0.05) is 19.6 Å². The minimum absolute atomic E-state index is 0.0575. The van der Waals surface area contributed by atoms with Gasteiger partial charge in [-0.2, -0.15) is 0 Å². The van der Waals surface area contributed by atoms with Gasteiger partial charge in [-0.3, -0.25) is 0 Å². The van der Waals surface area contributed by atoms with Gasteiger partial charge in [0.05, 0.1) is 7.11 Å². The summed E-state index contributed by atoms with van der Waals surface area (Å²) < 4.78 is 4.71. The summed E-state index contributed by atoms with van der Waals surface area (Å²) in [5.74, 6) is -0.307. The Morgan fingerprint density at radius 1 is 1.38 bits per heavy atom. The molecule has 0 spiro atoms. The summed E-state index contributed by atoms with van der Waals surface area (Å²) in [6, 6.07) is -0.448. The molecule has 2 amide bonds. The monoisotopic (exact) mass is 228 g/mol. The largest absolute Gasteiger partial charge is 0.467 e. The zero-order chi connectivity index (χ0) is 12.1. The van der Waals surface area contributed by atoms with Crippen LogP contribution >= 0.6 is 0 Å². The lowest BCUT2D eigenvalue weighted by molar-refractivity contribution is -0.145. The van der Waals surface area contributed by atoms with Crippen LogP contribution in [0.3, 0.4) is 0 Å². The van der Waals surface area contributed by atoms with E-state index in [1.54, 1.807) is 9.80 Å². The number of carbonyl (C=O) groups is 2. The number of urea groups is 1. The summed E-state index contributed by atoms with van der Waals surface area (Å²) in [6.45, 7) is 5.85. The molecule has 0 aromatic rings. The van der Waals surface area contributed by atoms with E-state index in [4.69, 9.17) is 4.74 Å². The summed E-state index contributed by atoms with van der Waals surface area (Å²) in [5, 5.41) is 0. The number of esters is 1. The lowest BCUT2D eigenvalue weighted by Crippen LogP contribution is -2.48. The zero-order valence-electron chi connectivity index (χ0n) is 10.2. The fourth-order valence-corrected chi connectivity index (χ4v) is 2.05. The smallest absolute Gasteiger partial charge is 0.328 e. The number of hydrogen-bond acceptors (Lipinski definition) is 3. The van der Waals surface area contributed by atoms with Crippen LogP contribution in [0.5, 0.6) is 0 Å². The quantitative estimate of drug-likeness (QED) is 0.679. The SMILES string of the molecule is CCN(CC)C(=O)N1CCCC1C(=O)OC. The summed E-state index contributed by atoms with van der Waals surface area (Å²) in [7, 11) is 1.36. The number of likely N-dealkylation sites (tertiary alicyclic amines) is 1. The molecule has 92 valence electrons. The van der Waals surface area contributed by atoms with Gasteiger partial charge in [-0.15, -0.1) is 0 Å². The number of amides is 2. The Morgan fingerprint density at radius 2 is 2.00 bits per heavy atom. The molecule has 1 unspecified atom stereocenters. The standard InChI is InChI=1S/C11H20N2O3/c1-4-12(5-2)11(15)13-8-6-7-9(13)10(14)16-3/h9H,4-8H2,1-3H3. The topological polar surface area (TPSA) is 49.9 Å². The number of methoxy groups -OCH3 is 1. The van der Waals surface area contributed by atoms with Crippen LogP contribution in [0, 0.1) is 0 Å². The van der Waals surface area contributed by atoms with Crippen molar-refractivity contribution in [3.63, 3.8) is 0 Å². The Bertz CT molecular complexity index is 264. The highest BCUT2D eigenvalue weighted by atomic mass is 16.5. The molecule has 1 saturated heterocycles. The summed E-state index contributed by atoms with van der Waals surface area (Å²) >= 11 is 0. The first-order valence-corrected chi connectivity index (χ1v) is 5.79. The van der Waals surface area contributed by atoms with E-state index in [-0.39, 0.29) is 12.0 Å². The summed E-state index contributed by atoms with van der Waals surface area (Å²) in [5.41, 5.74) is 0. The van der Waals surface area contributed by atoms with Crippen molar-refractivity contribution < 1.29 is 14.3 Å². The van der Waals surface area contributed by atoms with Gasteiger partial charge in [-0.25, -0.2) is 9.59 Å². The predicted molar refractivity (Wildman–Crippen MR) is 60.1 cm³/mol. The summed E-state index contributed by atoms with van der Waals surface area (Å²) in [6.07, 6.45) is 1.58. The van der Waals surface area contributed by atoms with Crippen molar-refractivity contribution in [2.75, 3.05) is 26.7 Å². The number of nitrogens with zero attached hydrogens (tertiary/aromatic N) is 2. The molecule has 0 radical (unpaired) electrons. The molecule has 1 heterocycles. The number of carbonyl (C=O) groups excluding carboxylic acids is 2. The molecule has 1 fully saturated rings. The van der Waals surface area contributed by atoms with Crippen LogP contribution in [-0.2, 0) is 9.53 Å². The average molecular weight is 228 g/mol. The van der Waals surface area contributed by atoms with E-state index in [0.717, 1.165) is 6.42 Å². The van der Waals surface area contributed by atoms with Crippen LogP contribution < -0.4 is 0 Å².